The molecule has 6 rings (SSSR count). The Morgan fingerprint density at radius 1 is 0.972 bits per heavy atom. The fourth-order valence-corrected chi connectivity index (χ4v) is 5.46. The minimum Gasteiger partial charge on any atom is -0.486 e. The lowest BCUT2D eigenvalue weighted by molar-refractivity contribution is -0.125. The zero-order valence-corrected chi connectivity index (χ0v) is 20.4. The van der Waals surface area contributed by atoms with Crippen LogP contribution in [0.25, 0.3) is 10.8 Å². The van der Waals surface area contributed by atoms with Crippen LogP contribution in [0.5, 0.6) is 11.5 Å². The topological polar surface area (TPSA) is 54.0 Å². The fraction of sp³-hybridized carbons (Fsp3) is 0.414. The minimum absolute atomic E-state index is 0.0463. The van der Waals surface area contributed by atoms with Crippen LogP contribution in [0.3, 0.4) is 0 Å². The molecule has 0 aromatic heterocycles. The van der Waals surface area contributed by atoms with Crippen LogP contribution >= 0.6 is 0 Å². The first-order chi connectivity index (χ1) is 17.6. The van der Waals surface area contributed by atoms with E-state index in [1.54, 1.807) is 6.07 Å². The van der Waals surface area contributed by atoms with Gasteiger partial charge in [0.1, 0.15) is 19.0 Å². The molecule has 0 saturated carbocycles. The van der Waals surface area contributed by atoms with Gasteiger partial charge in [0.25, 0.3) is 0 Å². The first kappa shape index (κ1) is 23.1. The summed E-state index contributed by atoms with van der Waals surface area (Å²) in [6.07, 6.45) is 2.81. The third kappa shape index (κ3) is 4.98. The van der Waals surface area contributed by atoms with Crippen LogP contribution in [0, 0.1) is 11.7 Å². The molecule has 36 heavy (non-hydrogen) atoms. The Hall–Kier alpha value is -3.32. The van der Waals surface area contributed by atoms with Gasteiger partial charge in [0.2, 0.25) is 5.91 Å². The largest absolute Gasteiger partial charge is 0.486 e. The number of amides is 1. The molecule has 3 aromatic rings. The van der Waals surface area contributed by atoms with E-state index in [1.165, 1.54) is 12.5 Å². The van der Waals surface area contributed by atoms with E-state index in [-0.39, 0.29) is 23.7 Å². The molecule has 3 heterocycles. The summed E-state index contributed by atoms with van der Waals surface area (Å²) >= 11 is 0. The highest BCUT2D eigenvalue weighted by Crippen LogP contribution is 2.32. The molecule has 3 aliphatic heterocycles. The smallest absolute Gasteiger partial charge is 0.225 e. The molecule has 1 N–H and O–H groups in total. The van der Waals surface area contributed by atoms with E-state index in [1.807, 2.05) is 30.3 Å². The third-order valence-corrected chi connectivity index (χ3v) is 7.57. The zero-order valence-electron chi connectivity index (χ0n) is 20.4. The molecule has 7 heteroatoms. The lowest BCUT2D eigenvalue weighted by Gasteiger charge is -2.35. The van der Waals surface area contributed by atoms with Crippen LogP contribution in [-0.2, 0) is 11.2 Å². The van der Waals surface area contributed by atoms with Crippen molar-refractivity contribution in [1.82, 2.24) is 10.2 Å². The maximum Gasteiger partial charge on any atom is 0.225 e. The van der Waals surface area contributed by atoms with E-state index < -0.39 is 0 Å². The normalized spacial score (nSPS) is 20.2. The average molecular weight is 490 g/mol. The number of carbonyl (C=O) groups is 1. The second-order valence-electron chi connectivity index (χ2n) is 10.1. The fourth-order valence-electron chi connectivity index (χ4n) is 5.46. The van der Waals surface area contributed by atoms with Gasteiger partial charge in [-0.15, -0.1) is 0 Å². The van der Waals surface area contributed by atoms with E-state index in [0.717, 1.165) is 72.5 Å². The highest BCUT2D eigenvalue weighted by atomic mass is 19.1. The Labute approximate surface area is 211 Å². The van der Waals surface area contributed by atoms with Crippen LogP contribution in [0.2, 0.25) is 0 Å². The summed E-state index contributed by atoms with van der Waals surface area (Å²) in [7, 11) is 0. The Balaban J connectivity index is 1.11. The van der Waals surface area contributed by atoms with E-state index in [0.29, 0.717) is 19.8 Å². The van der Waals surface area contributed by atoms with Crippen molar-refractivity contribution in [3.05, 3.63) is 66.0 Å². The summed E-state index contributed by atoms with van der Waals surface area (Å²) in [6, 6.07) is 17.1. The quantitative estimate of drug-likeness (QED) is 0.544. The number of anilines is 1. The van der Waals surface area contributed by atoms with Gasteiger partial charge < -0.3 is 24.6 Å². The van der Waals surface area contributed by atoms with E-state index in [4.69, 9.17) is 9.47 Å². The number of carbonyl (C=O) groups excluding carboxylic acids is 1. The minimum atomic E-state index is -0.225. The number of hydrogen-bond donors (Lipinski definition) is 1. The van der Waals surface area contributed by atoms with Gasteiger partial charge in [-0.25, -0.2) is 4.39 Å². The number of halogens is 1. The number of ether oxygens (including phenoxy) is 2. The van der Waals surface area contributed by atoms with Gasteiger partial charge in [-0.1, -0.05) is 18.2 Å². The summed E-state index contributed by atoms with van der Waals surface area (Å²) in [6.45, 7) is 5.72. The standard InChI is InChI=1S/C29H32FN3O3/c30-24-5-3-22-17-26(6-4-21(22)16-24)33-11-8-23(18-33)29(34)31-25(19-32-9-1-10-32)14-20-2-7-27-28(15-20)36-13-12-35-27/h2-7,15-17,23,25H,1,8-14,18-19H2,(H,31,34)/t23-,25?/m1/s1. The van der Waals surface area contributed by atoms with Gasteiger partial charge in [0.05, 0.1) is 5.92 Å². The average Bonchev–Trinajstić information content (AvgIpc) is 3.36. The molecule has 0 bridgehead atoms. The molecule has 2 saturated heterocycles. The second-order valence-corrected chi connectivity index (χ2v) is 10.1. The van der Waals surface area contributed by atoms with Gasteiger partial charge in [0, 0.05) is 31.4 Å². The maximum absolute atomic E-state index is 13.5. The molecule has 188 valence electrons. The van der Waals surface area contributed by atoms with Crippen LogP contribution in [-0.4, -0.2) is 62.8 Å². The molecule has 0 radical (unpaired) electrons. The molecule has 6 nitrogen and oxygen atoms in total. The number of nitrogens with zero attached hydrogens (tertiary/aromatic N) is 2. The summed E-state index contributed by atoms with van der Waals surface area (Å²) in [5, 5.41) is 5.27. The first-order valence-corrected chi connectivity index (χ1v) is 13.0. The number of rotatable bonds is 7. The van der Waals surface area contributed by atoms with Crippen molar-refractivity contribution in [1.29, 1.82) is 0 Å². The molecule has 1 unspecified atom stereocenters. The second kappa shape index (κ2) is 9.97. The van der Waals surface area contributed by atoms with Gasteiger partial charge >= 0.3 is 0 Å². The van der Waals surface area contributed by atoms with Crippen molar-refractivity contribution in [3.8, 4) is 11.5 Å². The number of likely N-dealkylation sites (tertiary alicyclic amines) is 1. The predicted molar refractivity (Wildman–Crippen MR) is 138 cm³/mol. The van der Waals surface area contributed by atoms with Crippen molar-refractivity contribution in [2.24, 2.45) is 5.92 Å². The molecule has 3 aliphatic rings. The van der Waals surface area contributed by atoms with Crippen molar-refractivity contribution in [3.63, 3.8) is 0 Å². The summed E-state index contributed by atoms with van der Waals surface area (Å²) in [5.74, 6) is 1.43. The van der Waals surface area contributed by atoms with Gasteiger partial charge in [-0.3, -0.25) is 4.79 Å². The lowest BCUT2D eigenvalue weighted by atomic mass is 10.0. The van der Waals surface area contributed by atoms with Crippen LogP contribution < -0.4 is 19.7 Å². The zero-order chi connectivity index (χ0) is 24.5. The monoisotopic (exact) mass is 489 g/mol. The van der Waals surface area contributed by atoms with Crippen molar-refractivity contribution in [2.75, 3.05) is 50.8 Å². The Morgan fingerprint density at radius 2 is 1.78 bits per heavy atom. The van der Waals surface area contributed by atoms with Crippen molar-refractivity contribution < 1.29 is 18.7 Å². The third-order valence-electron chi connectivity index (χ3n) is 7.57. The first-order valence-electron chi connectivity index (χ1n) is 13.0. The Morgan fingerprint density at radius 3 is 2.61 bits per heavy atom. The van der Waals surface area contributed by atoms with Gasteiger partial charge in [-0.2, -0.15) is 0 Å². The molecular weight excluding hydrogens is 457 g/mol. The van der Waals surface area contributed by atoms with Gasteiger partial charge in [-0.05, 0) is 85.1 Å². The molecule has 1 amide bonds. The van der Waals surface area contributed by atoms with Crippen LogP contribution in [0.15, 0.2) is 54.6 Å². The van der Waals surface area contributed by atoms with E-state index in [2.05, 4.69) is 27.2 Å². The number of benzene rings is 3. The molecule has 0 aliphatic carbocycles. The van der Waals surface area contributed by atoms with Crippen LogP contribution in [0.4, 0.5) is 10.1 Å². The highest BCUT2D eigenvalue weighted by molar-refractivity contribution is 5.86. The highest BCUT2D eigenvalue weighted by Gasteiger charge is 2.31. The molecule has 3 aromatic carbocycles. The Kier molecular flexibility index (Phi) is 6.40. The SMILES string of the molecule is O=C(NC(Cc1ccc2c(c1)OCCO2)CN1CCC1)[C@@H]1CCN(c2ccc3cc(F)ccc3c2)C1. The molecular formula is C29H32FN3O3. The summed E-state index contributed by atoms with van der Waals surface area (Å²) in [5.41, 5.74) is 2.23. The lowest BCUT2D eigenvalue weighted by Crippen LogP contribution is -2.50. The van der Waals surface area contributed by atoms with Crippen molar-refractivity contribution in [2.45, 2.75) is 25.3 Å². The summed E-state index contributed by atoms with van der Waals surface area (Å²) < 4.78 is 24.9. The number of nitrogens with one attached hydrogen (secondary N) is 1. The predicted octanol–water partition coefficient (Wildman–Crippen LogP) is 4.01. The van der Waals surface area contributed by atoms with Gasteiger partial charge in [0.15, 0.2) is 11.5 Å². The molecule has 0 spiro atoms. The maximum atomic E-state index is 13.5. The molecule has 2 fully saturated rings. The van der Waals surface area contributed by atoms with Crippen molar-refractivity contribution >= 4 is 22.4 Å². The van der Waals surface area contributed by atoms with Crippen LogP contribution in [0.1, 0.15) is 18.4 Å². The summed E-state index contributed by atoms with van der Waals surface area (Å²) in [4.78, 5) is 18.0. The Bertz CT molecular complexity index is 1260. The molecule has 2 atom stereocenters. The van der Waals surface area contributed by atoms with E-state index >= 15 is 0 Å². The van der Waals surface area contributed by atoms with E-state index in [9.17, 15) is 9.18 Å². The number of fused-ring (bicyclic) bond motifs is 2. The number of hydrogen-bond acceptors (Lipinski definition) is 5.